The lowest BCUT2D eigenvalue weighted by atomic mass is 10.2. The molecule has 0 spiro atoms. The van der Waals surface area contributed by atoms with Crippen LogP contribution in [0.5, 0.6) is 0 Å². The Hall–Kier alpha value is -0.830. The van der Waals surface area contributed by atoms with E-state index in [-0.39, 0.29) is 12.1 Å². The first-order valence-corrected chi connectivity index (χ1v) is 9.11. The van der Waals surface area contributed by atoms with Gasteiger partial charge in [-0.1, -0.05) is 40.8 Å². The van der Waals surface area contributed by atoms with E-state index in [1.165, 1.54) is 3.57 Å². The van der Waals surface area contributed by atoms with Gasteiger partial charge in [0.15, 0.2) is 0 Å². The van der Waals surface area contributed by atoms with Gasteiger partial charge in [0, 0.05) is 13.7 Å². The van der Waals surface area contributed by atoms with E-state index in [1.807, 2.05) is 42.5 Å². The summed E-state index contributed by atoms with van der Waals surface area (Å²) in [6.45, 7) is 0.599. The van der Waals surface area contributed by atoms with Gasteiger partial charge in [-0.05, 0) is 59.0 Å². The van der Waals surface area contributed by atoms with E-state index < -0.39 is 0 Å². The SMILES string of the molecule is O=C(OC(CI)CNc1ccc(I)cc1)c1ccccc1. The minimum atomic E-state index is -0.276. The summed E-state index contributed by atoms with van der Waals surface area (Å²) in [7, 11) is 0. The first-order valence-electron chi connectivity index (χ1n) is 6.50. The molecule has 3 nitrogen and oxygen atoms in total. The summed E-state index contributed by atoms with van der Waals surface area (Å²) in [4.78, 5) is 12.0. The summed E-state index contributed by atoms with van der Waals surface area (Å²) < 4.78 is 7.46. The van der Waals surface area contributed by atoms with Crippen LogP contribution in [0.3, 0.4) is 0 Å². The standard InChI is InChI=1S/C16H15I2NO2/c17-10-15(11-19-14-8-6-13(18)7-9-14)21-16(20)12-4-2-1-3-5-12/h1-9,15,19H,10-11H2. The molecule has 0 fully saturated rings. The maximum Gasteiger partial charge on any atom is 0.338 e. The largest absolute Gasteiger partial charge is 0.456 e. The molecule has 2 aromatic carbocycles. The lowest BCUT2D eigenvalue weighted by molar-refractivity contribution is 0.0380. The minimum Gasteiger partial charge on any atom is -0.456 e. The highest BCUT2D eigenvalue weighted by Crippen LogP contribution is 2.12. The van der Waals surface area contributed by atoms with Crippen molar-refractivity contribution in [2.45, 2.75) is 6.10 Å². The molecule has 0 radical (unpaired) electrons. The second-order valence-corrected chi connectivity index (χ2v) is 6.56. The van der Waals surface area contributed by atoms with Crippen LogP contribution in [-0.4, -0.2) is 23.0 Å². The topological polar surface area (TPSA) is 38.3 Å². The van der Waals surface area contributed by atoms with Gasteiger partial charge >= 0.3 is 5.97 Å². The van der Waals surface area contributed by atoms with Crippen LogP contribution in [0.2, 0.25) is 0 Å². The van der Waals surface area contributed by atoms with Crippen molar-refractivity contribution in [3.8, 4) is 0 Å². The van der Waals surface area contributed by atoms with Crippen molar-refractivity contribution in [3.63, 3.8) is 0 Å². The first-order chi connectivity index (χ1) is 10.2. The molecule has 0 aliphatic carbocycles. The fraction of sp³-hybridized carbons (Fsp3) is 0.188. The molecular weight excluding hydrogens is 492 g/mol. The summed E-state index contributed by atoms with van der Waals surface area (Å²) in [6.07, 6.45) is -0.155. The number of rotatable bonds is 6. The number of hydrogen-bond acceptors (Lipinski definition) is 3. The molecule has 0 saturated carbocycles. The average molecular weight is 507 g/mol. The van der Waals surface area contributed by atoms with Crippen molar-refractivity contribution in [2.75, 3.05) is 16.3 Å². The molecule has 21 heavy (non-hydrogen) atoms. The Morgan fingerprint density at radius 2 is 1.76 bits per heavy atom. The van der Waals surface area contributed by atoms with Crippen LogP contribution >= 0.6 is 45.2 Å². The number of benzene rings is 2. The molecule has 0 saturated heterocycles. The normalized spacial score (nSPS) is 11.7. The third-order valence-corrected chi connectivity index (χ3v) is 4.53. The summed E-state index contributed by atoms with van der Waals surface area (Å²) in [5, 5.41) is 3.29. The second-order valence-electron chi connectivity index (χ2n) is 4.44. The van der Waals surface area contributed by atoms with Crippen LogP contribution in [0.25, 0.3) is 0 Å². The van der Waals surface area contributed by atoms with Gasteiger partial charge in [-0.25, -0.2) is 4.79 Å². The van der Waals surface area contributed by atoms with Gasteiger partial charge < -0.3 is 10.1 Å². The molecule has 1 N–H and O–H groups in total. The quantitative estimate of drug-likeness (QED) is 0.359. The van der Waals surface area contributed by atoms with Crippen molar-refractivity contribution in [2.24, 2.45) is 0 Å². The van der Waals surface area contributed by atoms with Gasteiger partial charge in [0.25, 0.3) is 0 Å². The van der Waals surface area contributed by atoms with Gasteiger partial charge in [-0.2, -0.15) is 0 Å². The van der Waals surface area contributed by atoms with Gasteiger partial charge in [0.1, 0.15) is 6.10 Å². The average Bonchev–Trinajstić information content (AvgIpc) is 2.53. The van der Waals surface area contributed by atoms with E-state index >= 15 is 0 Å². The number of anilines is 1. The number of nitrogens with one attached hydrogen (secondary N) is 1. The Bertz CT molecular complexity index is 573. The van der Waals surface area contributed by atoms with Crippen LogP contribution in [0, 0.1) is 3.57 Å². The molecule has 0 aromatic heterocycles. The molecule has 0 amide bonds. The molecule has 5 heteroatoms. The molecule has 0 bridgehead atoms. The Morgan fingerprint density at radius 1 is 1.10 bits per heavy atom. The zero-order valence-corrected chi connectivity index (χ0v) is 15.6. The molecule has 1 unspecified atom stereocenters. The number of halogens is 2. The highest BCUT2D eigenvalue weighted by molar-refractivity contribution is 14.1. The Balaban J connectivity index is 1.88. The van der Waals surface area contributed by atoms with Gasteiger partial charge in [-0.3, -0.25) is 0 Å². The van der Waals surface area contributed by atoms with E-state index in [2.05, 4.69) is 50.5 Å². The van der Waals surface area contributed by atoms with Crippen LogP contribution < -0.4 is 5.32 Å². The van der Waals surface area contributed by atoms with E-state index in [9.17, 15) is 4.79 Å². The summed E-state index contributed by atoms with van der Waals surface area (Å²) >= 11 is 4.50. The highest BCUT2D eigenvalue weighted by atomic mass is 127. The fourth-order valence-electron chi connectivity index (χ4n) is 1.72. The molecule has 110 valence electrons. The van der Waals surface area contributed by atoms with Crippen molar-refractivity contribution in [1.82, 2.24) is 0 Å². The fourth-order valence-corrected chi connectivity index (χ4v) is 2.57. The van der Waals surface area contributed by atoms with Crippen molar-refractivity contribution in [1.29, 1.82) is 0 Å². The van der Waals surface area contributed by atoms with Crippen molar-refractivity contribution < 1.29 is 9.53 Å². The smallest absolute Gasteiger partial charge is 0.338 e. The van der Waals surface area contributed by atoms with Crippen LogP contribution in [0.4, 0.5) is 5.69 Å². The maximum atomic E-state index is 12.0. The number of ether oxygens (including phenoxy) is 1. The van der Waals surface area contributed by atoms with E-state index in [0.29, 0.717) is 12.1 Å². The first kappa shape index (κ1) is 16.5. The minimum absolute atomic E-state index is 0.155. The van der Waals surface area contributed by atoms with Crippen molar-refractivity contribution in [3.05, 3.63) is 63.7 Å². The van der Waals surface area contributed by atoms with E-state index in [4.69, 9.17) is 4.74 Å². The van der Waals surface area contributed by atoms with Crippen LogP contribution in [0.1, 0.15) is 10.4 Å². The molecule has 2 aromatic rings. The van der Waals surface area contributed by atoms with E-state index in [0.717, 1.165) is 10.1 Å². The summed E-state index contributed by atoms with van der Waals surface area (Å²) in [6, 6.07) is 17.2. The third-order valence-electron chi connectivity index (χ3n) is 2.83. The van der Waals surface area contributed by atoms with Crippen LogP contribution in [0.15, 0.2) is 54.6 Å². The number of hydrogen-bond donors (Lipinski definition) is 1. The number of alkyl halides is 1. The number of carbonyl (C=O) groups is 1. The molecular formula is C16H15I2NO2. The third kappa shape index (κ3) is 5.46. The van der Waals surface area contributed by atoms with Crippen LogP contribution in [-0.2, 0) is 4.74 Å². The zero-order chi connectivity index (χ0) is 15.1. The monoisotopic (exact) mass is 507 g/mol. The lowest BCUT2D eigenvalue weighted by Crippen LogP contribution is -2.27. The summed E-state index contributed by atoms with van der Waals surface area (Å²) in [5.41, 5.74) is 1.61. The molecule has 1 atom stereocenters. The molecule has 0 aliphatic heterocycles. The summed E-state index contributed by atoms with van der Waals surface area (Å²) in [5.74, 6) is -0.276. The predicted octanol–water partition coefficient (Wildman–Crippen LogP) is 4.36. The number of carbonyl (C=O) groups excluding carboxylic acids is 1. The molecule has 0 aliphatic rings. The molecule has 2 rings (SSSR count). The maximum absolute atomic E-state index is 12.0. The van der Waals surface area contributed by atoms with E-state index in [1.54, 1.807) is 12.1 Å². The predicted molar refractivity (Wildman–Crippen MR) is 102 cm³/mol. The molecule has 0 heterocycles. The van der Waals surface area contributed by atoms with Gasteiger partial charge in [0.05, 0.1) is 12.1 Å². The highest BCUT2D eigenvalue weighted by Gasteiger charge is 2.14. The Labute approximate surface area is 151 Å². The second kappa shape index (κ2) is 8.57. The lowest BCUT2D eigenvalue weighted by Gasteiger charge is -2.17. The van der Waals surface area contributed by atoms with Crippen molar-refractivity contribution >= 4 is 56.8 Å². The Morgan fingerprint density at radius 3 is 2.38 bits per heavy atom. The number of esters is 1. The van der Waals surface area contributed by atoms with Gasteiger partial charge in [-0.15, -0.1) is 0 Å². The van der Waals surface area contributed by atoms with Gasteiger partial charge in [0.2, 0.25) is 0 Å². The zero-order valence-electron chi connectivity index (χ0n) is 11.3. The Kier molecular flexibility index (Phi) is 6.75.